The van der Waals surface area contributed by atoms with Gasteiger partial charge in [0.05, 0.1) is 4.66 Å². The quantitative estimate of drug-likeness (QED) is 0.694. The number of carbonyl (C=O) groups excluding carboxylic acids is 1. The van der Waals surface area contributed by atoms with Crippen LogP contribution in [0.15, 0.2) is 23.0 Å². The van der Waals surface area contributed by atoms with E-state index in [0.29, 0.717) is 20.3 Å². The third kappa shape index (κ3) is 1.69. The van der Waals surface area contributed by atoms with Crippen molar-refractivity contribution in [1.82, 2.24) is 4.57 Å². The van der Waals surface area contributed by atoms with Crippen LogP contribution >= 0.6 is 11.3 Å². The summed E-state index contributed by atoms with van der Waals surface area (Å²) in [5.74, 6) is -0.547. The van der Waals surface area contributed by atoms with Crippen LogP contribution in [0.25, 0.3) is 12.2 Å². The van der Waals surface area contributed by atoms with E-state index >= 15 is 0 Å². The van der Waals surface area contributed by atoms with E-state index < -0.39 is 5.82 Å². The van der Waals surface area contributed by atoms with Crippen molar-refractivity contribution >= 4 is 29.3 Å². The number of hydrogen-bond donors (Lipinski definition) is 0. The first-order chi connectivity index (χ1) is 8.99. The first-order valence-corrected chi connectivity index (χ1v) is 6.52. The Morgan fingerprint density at radius 1 is 1.37 bits per heavy atom. The predicted molar refractivity (Wildman–Crippen MR) is 72.0 cm³/mol. The van der Waals surface area contributed by atoms with Gasteiger partial charge in [0.1, 0.15) is 10.3 Å². The molecule has 0 saturated carbocycles. The summed E-state index contributed by atoms with van der Waals surface area (Å²) in [5, 5.41) is 0. The fourth-order valence-corrected chi connectivity index (χ4v) is 3.26. The zero-order valence-corrected chi connectivity index (χ0v) is 11.0. The first-order valence-electron chi connectivity index (χ1n) is 5.70. The Labute approximate surface area is 111 Å². The maximum absolute atomic E-state index is 13.3. The van der Waals surface area contributed by atoms with Gasteiger partial charge in [-0.3, -0.25) is 9.59 Å². The minimum Gasteiger partial charge on any atom is -0.303 e. The van der Waals surface area contributed by atoms with E-state index in [1.54, 1.807) is 13.1 Å². The average Bonchev–Trinajstić information content (AvgIpc) is 2.80. The second-order valence-electron chi connectivity index (χ2n) is 4.47. The highest BCUT2D eigenvalue weighted by atomic mass is 32.1. The van der Waals surface area contributed by atoms with Gasteiger partial charge < -0.3 is 4.57 Å². The van der Waals surface area contributed by atoms with E-state index in [1.807, 2.05) is 0 Å². The minimum absolute atomic E-state index is 0.139. The Morgan fingerprint density at radius 2 is 2.11 bits per heavy atom. The molecule has 0 unspecified atom stereocenters. The molecule has 2 aromatic rings. The molecule has 5 heteroatoms. The lowest BCUT2D eigenvalue weighted by molar-refractivity contribution is -0.112. The third-order valence-corrected chi connectivity index (χ3v) is 4.38. The van der Waals surface area contributed by atoms with E-state index in [-0.39, 0.29) is 17.8 Å². The Hall–Kier alpha value is -2.01. The Morgan fingerprint density at radius 3 is 2.74 bits per heavy atom. The fraction of sp³-hybridized carbons (Fsp3) is 0.143. The Kier molecular flexibility index (Phi) is 2.53. The maximum Gasteiger partial charge on any atom is 0.269 e. The third-order valence-electron chi connectivity index (χ3n) is 3.29. The summed E-state index contributed by atoms with van der Waals surface area (Å²) in [6, 6.07) is 4.24. The molecular weight excluding hydrogens is 265 g/mol. The van der Waals surface area contributed by atoms with E-state index in [2.05, 4.69) is 6.58 Å². The molecule has 1 aromatic heterocycles. The molecule has 0 amide bonds. The van der Waals surface area contributed by atoms with Gasteiger partial charge in [-0.15, -0.1) is 11.3 Å². The number of benzene rings is 1. The standard InChI is InChI=1S/C14H10FNO2S/c1-7-16(2)14(18)13(19-7)12-10-6-9(15)4-3-8(10)5-11(12)17/h3-4,6H,1,5H2,2H3/b13-12-. The predicted octanol–water partition coefficient (Wildman–Crippen LogP) is 0.320. The summed E-state index contributed by atoms with van der Waals surface area (Å²) in [5.41, 5.74) is 1.37. The number of Topliss-reactive ketones (excluding diaryl/α,β-unsaturated/α-hetero) is 1. The van der Waals surface area contributed by atoms with E-state index in [0.717, 1.165) is 5.56 Å². The van der Waals surface area contributed by atoms with Crippen LogP contribution < -0.4 is 14.8 Å². The molecule has 1 heterocycles. The average molecular weight is 275 g/mol. The van der Waals surface area contributed by atoms with Crippen molar-refractivity contribution < 1.29 is 9.18 Å². The molecule has 1 aliphatic carbocycles. The summed E-state index contributed by atoms with van der Waals surface area (Å²) in [6.45, 7) is 3.75. The van der Waals surface area contributed by atoms with Crippen LogP contribution in [0.3, 0.4) is 0 Å². The summed E-state index contributed by atoms with van der Waals surface area (Å²) in [7, 11) is 1.61. The van der Waals surface area contributed by atoms with Gasteiger partial charge in [-0.05, 0) is 23.3 Å². The molecule has 0 saturated heterocycles. The zero-order chi connectivity index (χ0) is 13.7. The molecule has 0 spiro atoms. The molecule has 0 N–H and O–H groups in total. The molecule has 0 radical (unpaired) electrons. The van der Waals surface area contributed by atoms with E-state index in [4.69, 9.17) is 0 Å². The van der Waals surface area contributed by atoms with Gasteiger partial charge in [0, 0.05) is 19.0 Å². The minimum atomic E-state index is -0.408. The second-order valence-corrected chi connectivity index (χ2v) is 5.55. The van der Waals surface area contributed by atoms with Crippen LogP contribution in [-0.4, -0.2) is 10.4 Å². The Balaban J connectivity index is 2.48. The zero-order valence-electron chi connectivity index (χ0n) is 10.2. The van der Waals surface area contributed by atoms with Crippen molar-refractivity contribution in [2.24, 2.45) is 7.05 Å². The molecule has 19 heavy (non-hydrogen) atoms. The number of nitrogens with zero attached hydrogens (tertiary/aromatic N) is 1. The van der Waals surface area contributed by atoms with Gasteiger partial charge in [-0.25, -0.2) is 4.39 Å². The molecule has 96 valence electrons. The topological polar surface area (TPSA) is 39.1 Å². The highest BCUT2D eigenvalue weighted by Gasteiger charge is 2.27. The SMILES string of the molecule is C=c1s/c(=C2\C(=O)Cc3ccc(F)cc32)c(=O)n1C. The van der Waals surface area contributed by atoms with Crippen LogP contribution in [-0.2, 0) is 18.3 Å². The Bertz CT molecular complexity index is 876. The summed E-state index contributed by atoms with van der Waals surface area (Å²) in [4.78, 5) is 24.2. The lowest BCUT2D eigenvalue weighted by atomic mass is 10.1. The van der Waals surface area contributed by atoms with Gasteiger partial charge in [-0.1, -0.05) is 12.6 Å². The van der Waals surface area contributed by atoms with Crippen LogP contribution in [0, 0.1) is 5.82 Å². The number of halogens is 1. The van der Waals surface area contributed by atoms with Gasteiger partial charge >= 0.3 is 0 Å². The van der Waals surface area contributed by atoms with Gasteiger partial charge in [-0.2, -0.15) is 0 Å². The molecule has 0 fully saturated rings. The maximum atomic E-state index is 13.3. The van der Waals surface area contributed by atoms with Gasteiger partial charge in [0.15, 0.2) is 5.78 Å². The number of ketones is 1. The van der Waals surface area contributed by atoms with E-state index in [9.17, 15) is 14.0 Å². The summed E-state index contributed by atoms with van der Waals surface area (Å²) >= 11 is 1.17. The fourth-order valence-electron chi connectivity index (χ4n) is 2.25. The van der Waals surface area contributed by atoms with Crippen molar-refractivity contribution in [1.29, 1.82) is 0 Å². The molecule has 1 aliphatic rings. The van der Waals surface area contributed by atoms with Crippen molar-refractivity contribution in [2.75, 3.05) is 0 Å². The second kappa shape index (κ2) is 3.99. The van der Waals surface area contributed by atoms with Gasteiger partial charge in [0.25, 0.3) is 5.56 Å². The highest BCUT2D eigenvalue weighted by Crippen LogP contribution is 2.27. The summed E-state index contributed by atoms with van der Waals surface area (Å²) in [6.07, 6.45) is 0.221. The molecule has 0 bridgehead atoms. The molecule has 3 nitrogen and oxygen atoms in total. The monoisotopic (exact) mass is 275 g/mol. The number of carbonyl (C=O) groups is 1. The lowest BCUT2D eigenvalue weighted by Crippen LogP contribution is -2.30. The largest absolute Gasteiger partial charge is 0.303 e. The lowest BCUT2D eigenvalue weighted by Gasteiger charge is -1.98. The van der Waals surface area contributed by atoms with E-state index in [1.165, 1.54) is 28.0 Å². The normalized spacial score (nSPS) is 16.8. The van der Waals surface area contributed by atoms with Gasteiger partial charge in [0.2, 0.25) is 0 Å². The van der Waals surface area contributed by atoms with Crippen molar-refractivity contribution in [3.63, 3.8) is 0 Å². The first kappa shape index (κ1) is 12.0. The van der Waals surface area contributed by atoms with Crippen LogP contribution in [0.5, 0.6) is 0 Å². The van der Waals surface area contributed by atoms with Crippen LogP contribution in [0.2, 0.25) is 0 Å². The molecule has 0 atom stereocenters. The number of hydrogen-bond acceptors (Lipinski definition) is 3. The number of thiazole rings is 1. The number of rotatable bonds is 0. The van der Waals surface area contributed by atoms with Crippen molar-refractivity contribution in [3.05, 3.63) is 54.7 Å². The van der Waals surface area contributed by atoms with Crippen LogP contribution in [0.1, 0.15) is 11.1 Å². The van der Waals surface area contributed by atoms with Crippen molar-refractivity contribution in [3.8, 4) is 0 Å². The number of fused-ring (bicyclic) bond motifs is 1. The molecule has 1 aromatic carbocycles. The molecular formula is C14H10FNO2S. The van der Waals surface area contributed by atoms with Crippen LogP contribution in [0.4, 0.5) is 4.39 Å². The number of aromatic nitrogens is 1. The highest BCUT2D eigenvalue weighted by molar-refractivity contribution is 7.07. The molecule has 3 rings (SSSR count). The van der Waals surface area contributed by atoms with Crippen molar-refractivity contribution in [2.45, 2.75) is 6.42 Å². The summed E-state index contributed by atoms with van der Waals surface area (Å²) < 4.78 is 15.7. The smallest absolute Gasteiger partial charge is 0.269 e. The molecule has 0 aliphatic heterocycles.